The lowest BCUT2D eigenvalue weighted by Crippen LogP contribution is -2.52. The van der Waals surface area contributed by atoms with Crippen LogP contribution in [0.3, 0.4) is 0 Å². The fourth-order valence-electron chi connectivity index (χ4n) is 5.02. The minimum atomic E-state index is -0.893. The first-order valence-electron chi connectivity index (χ1n) is 9.60. The van der Waals surface area contributed by atoms with E-state index < -0.39 is 35.4 Å². The van der Waals surface area contributed by atoms with Gasteiger partial charge in [-0.2, -0.15) is 0 Å². The van der Waals surface area contributed by atoms with E-state index in [9.17, 15) is 18.8 Å². The number of nitrogens with one attached hydrogen (secondary N) is 2. The van der Waals surface area contributed by atoms with E-state index in [4.69, 9.17) is 0 Å². The monoisotopic (exact) mass is 390 g/mol. The molecule has 9 heteroatoms. The molecule has 2 N–H and O–H groups in total. The number of hydrogen-bond donors (Lipinski definition) is 2. The molecular formula is C19H20F2N4O3. The van der Waals surface area contributed by atoms with Crippen molar-refractivity contribution < 1.29 is 23.2 Å². The van der Waals surface area contributed by atoms with Crippen LogP contribution in [0.25, 0.3) is 0 Å². The third-order valence-electron chi connectivity index (χ3n) is 6.34. The van der Waals surface area contributed by atoms with Crippen LogP contribution >= 0.6 is 0 Å². The van der Waals surface area contributed by atoms with E-state index in [1.807, 2.05) is 4.90 Å². The zero-order valence-corrected chi connectivity index (χ0v) is 15.1. The highest BCUT2D eigenvalue weighted by atomic mass is 19.1. The van der Waals surface area contributed by atoms with Gasteiger partial charge in [-0.1, -0.05) is 0 Å². The molecule has 4 aliphatic heterocycles. The molecule has 3 fully saturated rings. The molecular weight excluding hydrogens is 370 g/mol. The van der Waals surface area contributed by atoms with Crippen molar-refractivity contribution in [3.63, 3.8) is 0 Å². The topological polar surface area (TPSA) is 81.8 Å². The van der Waals surface area contributed by atoms with Gasteiger partial charge in [0.2, 0.25) is 11.8 Å². The number of fused-ring (bicyclic) bond motifs is 3. The molecule has 1 aromatic carbocycles. The number of piperazine rings is 1. The lowest BCUT2D eigenvalue weighted by atomic mass is 10.0. The van der Waals surface area contributed by atoms with E-state index in [0.29, 0.717) is 0 Å². The fraction of sp³-hybridized carbons (Fsp3) is 0.526. The van der Waals surface area contributed by atoms with Crippen molar-refractivity contribution in [2.75, 3.05) is 18.0 Å². The number of carbonyl (C=O) groups is 3. The Bertz CT molecular complexity index is 890. The first kappa shape index (κ1) is 17.5. The van der Waals surface area contributed by atoms with Gasteiger partial charge in [0.25, 0.3) is 5.91 Å². The summed E-state index contributed by atoms with van der Waals surface area (Å²) in [6, 6.07) is 0.440. The van der Waals surface area contributed by atoms with Gasteiger partial charge in [-0.3, -0.25) is 19.7 Å². The van der Waals surface area contributed by atoms with Gasteiger partial charge in [0.15, 0.2) is 5.82 Å². The van der Waals surface area contributed by atoms with Crippen molar-refractivity contribution in [2.24, 2.45) is 0 Å². The zero-order valence-electron chi connectivity index (χ0n) is 15.1. The predicted octanol–water partition coefficient (Wildman–Crippen LogP) is 0.666. The smallest absolute Gasteiger partial charge is 0.258 e. The van der Waals surface area contributed by atoms with Gasteiger partial charge in [-0.05, 0) is 19.3 Å². The maximum absolute atomic E-state index is 15.4. The number of imide groups is 1. The lowest BCUT2D eigenvalue weighted by Gasteiger charge is -2.37. The molecule has 3 amide bonds. The van der Waals surface area contributed by atoms with Crippen LogP contribution in [0.4, 0.5) is 14.5 Å². The Morgan fingerprint density at radius 2 is 1.75 bits per heavy atom. The van der Waals surface area contributed by atoms with Gasteiger partial charge >= 0.3 is 0 Å². The van der Waals surface area contributed by atoms with Crippen LogP contribution in [0.1, 0.15) is 41.6 Å². The van der Waals surface area contributed by atoms with E-state index in [2.05, 4.69) is 10.6 Å². The molecule has 5 rings (SSSR count). The standard InChI is InChI=1S/C19H20F2N4O3/c20-12-5-14(25-9-1-2-10(25)7-22-6-9)17(21)11-8-24(19(28)16(11)12)13-3-4-15(26)23-18(13)27/h5,9-10,13,22H,1-4,6-8H2,(H,23,26,27). The molecule has 4 heterocycles. The highest BCUT2D eigenvalue weighted by Gasteiger charge is 2.44. The lowest BCUT2D eigenvalue weighted by molar-refractivity contribution is -0.136. The second-order valence-corrected chi connectivity index (χ2v) is 7.90. The summed E-state index contributed by atoms with van der Waals surface area (Å²) in [5.74, 6) is -3.05. The van der Waals surface area contributed by atoms with Gasteiger partial charge in [-0.15, -0.1) is 0 Å². The molecule has 3 atom stereocenters. The maximum Gasteiger partial charge on any atom is 0.258 e. The number of rotatable bonds is 2. The second-order valence-electron chi connectivity index (χ2n) is 7.90. The Balaban J connectivity index is 1.51. The SMILES string of the molecule is O=C1CCC(N2Cc3c(F)c(N4C5CCC4CNC5)cc(F)c3C2=O)C(=O)N1. The number of anilines is 1. The first-order valence-corrected chi connectivity index (χ1v) is 9.60. The Morgan fingerprint density at radius 1 is 1.04 bits per heavy atom. The molecule has 0 radical (unpaired) electrons. The van der Waals surface area contributed by atoms with Crippen molar-refractivity contribution in [1.82, 2.24) is 15.5 Å². The predicted molar refractivity (Wildman–Crippen MR) is 94.6 cm³/mol. The highest BCUT2D eigenvalue weighted by Crippen LogP contribution is 2.40. The van der Waals surface area contributed by atoms with Crippen LogP contribution in [0.15, 0.2) is 6.07 Å². The van der Waals surface area contributed by atoms with Crippen molar-refractivity contribution in [3.05, 3.63) is 28.8 Å². The summed E-state index contributed by atoms with van der Waals surface area (Å²) in [7, 11) is 0. The number of nitrogens with zero attached hydrogens (tertiary/aromatic N) is 2. The summed E-state index contributed by atoms with van der Waals surface area (Å²) in [5.41, 5.74) is -0.0979. The van der Waals surface area contributed by atoms with Crippen molar-refractivity contribution >= 4 is 23.4 Å². The summed E-state index contributed by atoms with van der Waals surface area (Å²) in [6.07, 6.45) is 2.08. The van der Waals surface area contributed by atoms with Crippen LogP contribution in [-0.2, 0) is 16.1 Å². The van der Waals surface area contributed by atoms with Gasteiger partial charge in [0.05, 0.1) is 17.8 Å². The third-order valence-corrected chi connectivity index (χ3v) is 6.34. The summed E-state index contributed by atoms with van der Waals surface area (Å²) < 4.78 is 30.3. The minimum Gasteiger partial charge on any atom is -0.361 e. The second kappa shape index (κ2) is 6.23. The molecule has 28 heavy (non-hydrogen) atoms. The normalized spacial score (nSPS) is 29.4. The van der Waals surface area contributed by atoms with Gasteiger partial charge < -0.3 is 15.1 Å². The molecule has 0 spiro atoms. The largest absolute Gasteiger partial charge is 0.361 e. The van der Waals surface area contributed by atoms with Crippen molar-refractivity contribution in [2.45, 2.75) is 50.4 Å². The molecule has 0 aliphatic carbocycles. The maximum atomic E-state index is 15.4. The Hall–Kier alpha value is -2.55. The van der Waals surface area contributed by atoms with E-state index in [-0.39, 0.29) is 48.3 Å². The number of benzene rings is 1. The van der Waals surface area contributed by atoms with E-state index >= 15 is 4.39 Å². The van der Waals surface area contributed by atoms with Gasteiger partial charge in [0.1, 0.15) is 11.9 Å². The van der Waals surface area contributed by atoms with Gasteiger partial charge in [-0.25, -0.2) is 8.78 Å². The van der Waals surface area contributed by atoms with Crippen LogP contribution in [0.2, 0.25) is 0 Å². The van der Waals surface area contributed by atoms with E-state index in [1.165, 1.54) is 4.90 Å². The average Bonchev–Trinajstić information content (AvgIpc) is 3.12. The number of hydrogen-bond acceptors (Lipinski definition) is 5. The van der Waals surface area contributed by atoms with Crippen molar-refractivity contribution in [1.29, 1.82) is 0 Å². The van der Waals surface area contributed by atoms with E-state index in [0.717, 1.165) is 32.0 Å². The third kappa shape index (κ3) is 2.45. The summed E-state index contributed by atoms with van der Waals surface area (Å²) >= 11 is 0. The molecule has 148 valence electrons. The Labute approximate surface area is 160 Å². The summed E-state index contributed by atoms with van der Waals surface area (Å²) in [4.78, 5) is 39.4. The van der Waals surface area contributed by atoms with Crippen LogP contribution in [0, 0.1) is 11.6 Å². The molecule has 0 aromatic heterocycles. The van der Waals surface area contributed by atoms with Crippen LogP contribution < -0.4 is 15.5 Å². The van der Waals surface area contributed by atoms with Crippen LogP contribution in [-0.4, -0.2) is 53.8 Å². The van der Waals surface area contributed by atoms with Crippen LogP contribution in [0.5, 0.6) is 0 Å². The minimum absolute atomic E-state index is 0.00244. The fourth-order valence-corrected chi connectivity index (χ4v) is 5.02. The Kier molecular flexibility index (Phi) is 3.90. The van der Waals surface area contributed by atoms with Crippen molar-refractivity contribution in [3.8, 4) is 0 Å². The summed E-state index contributed by atoms with van der Waals surface area (Å²) in [5, 5.41) is 5.50. The molecule has 1 aromatic rings. The van der Waals surface area contributed by atoms with Gasteiger partial charge in [0, 0.05) is 43.2 Å². The average molecular weight is 390 g/mol. The number of carbonyl (C=O) groups excluding carboxylic acids is 3. The molecule has 0 saturated carbocycles. The zero-order chi connectivity index (χ0) is 19.6. The molecule has 3 saturated heterocycles. The molecule has 7 nitrogen and oxygen atoms in total. The number of halogens is 2. The Morgan fingerprint density at radius 3 is 2.43 bits per heavy atom. The molecule has 3 unspecified atom stereocenters. The first-order chi connectivity index (χ1) is 13.5. The molecule has 4 aliphatic rings. The number of amides is 3. The number of piperidine rings is 1. The highest BCUT2D eigenvalue weighted by molar-refractivity contribution is 6.05. The summed E-state index contributed by atoms with van der Waals surface area (Å²) in [6.45, 7) is 1.27. The molecule has 2 bridgehead atoms. The van der Waals surface area contributed by atoms with E-state index in [1.54, 1.807) is 0 Å². The quantitative estimate of drug-likeness (QED) is 0.726.